The minimum Gasteiger partial charge on any atom is -0.457 e. The van der Waals surface area contributed by atoms with Gasteiger partial charge in [-0.25, -0.2) is 0 Å². The standard InChI is InChI=1S/C21H20N2O4/c1-23-12-6-11-18(21(23)26)20(25)22-14-19(24)15-7-5-10-17(13-15)27-16-8-3-2-4-9-16/h2-13,19,24H,14H2,1H3,(H,22,25)/t19-/m1/s1. The first kappa shape index (κ1) is 18.4. The summed E-state index contributed by atoms with van der Waals surface area (Å²) >= 11 is 0. The lowest BCUT2D eigenvalue weighted by Gasteiger charge is -2.14. The van der Waals surface area contributed by atoms with Gasteiger partial charge in [0.2, 0.25) is 0 Å². The molecule has 0 unspecified atom stereocenters. The maximum atomic E-state index is 12.2. The van der Waals surface area contributed by atoms with E-state index in [0.717, 1.165) is 0 Å². The number of aliphatic hydroxyl groups excluding tert-OH is 1. The number of aryl methyl sites for hydroxylation is 1. The molecule has 1 heterocycles. The Morgan fingerprint density at radius 3 is 2.59 bits per heavy atom. The number of para-hydroxylation sites is 1. The van der Waals surface area contributed by atoms with Gasteiger partial charge in [0, 0.05) is 19.8 Å². The van der Waals surface area contributed by atoms with E-state index in [4.69, 9.17) is 4.74 Å². The van der Waals surface area contributed by atoms with E-state index in [0.29, 0.717) is 17.1 Å². The van der Waals surface area contributed by atoms with Gasteiger partial charge in [-0.3, -0.25) is 9.59 Å². The van der Waals surface area contributed by atoms with Gasteiger partial charge in [0.1, 0.15) is 17.1 Å². The highest BCUT2D eigenvalue weighted by Crippen LogP contribution is 2.24. The smallest absolute Gasteiger partial charge is 0.263 e. The van der Waals surface area contributed by atoms with Crippen LogP contribution < -0.4 is 15.6 Å². The Morgan fingerprint density at radius 1 is 1.07 bits per heavy atom. The van der Waals surface area contributed by atoms with Crippen LogP contribution in [0.3, 0.4) is 0 Å². The van der Waals surface area contributed by atoms with E-state index >= 15 is 0 Å². The molecule has 2 aromatic carbocycles. The van der Waals surface area contributed by atoms with Crippen molar-refractivity contribution in [3.05, 3.63) is 94.4 Å². The van der Waals surface area contributed by atoms with Crippen LogP contribution >= 0.6 is 0 Å². The van der Waals surface area contributed by atoms with Crippen molar-refractivity contribution in [1.29, 1.82) is 0 Å². The molecule has 1 amide bonds. The topological polar surface area (TPSA) is 80.6 Å². The van der Waals surface area contributed by atoms with Gasteiger partial charge in [0.05, 0.1) is 6.10 Å². The van der Waals surface area contributed by atoms with E-state index in [1.54, 1.807) is 43.6 Å². The van der Waals surface area contributed by atoms with Crippen LogP contribution in [-0.2, 0) is 7.05 Å². The quantitative estimate of drug-likeness (QED) is 0.705. The summed E-state index contributed by atoms with van der Waals surface area (Å²) in [6, 6.07) is 19.4. The highest BCUT2D eigenvalue weighted by Gasteiger charge is 2.14. The number of aromatic nitrogens is 1. The van der Waals surface area contributed by atoms with Crippen LogP contribution in [0.25, 0.3) is 0 Å². The van der Waals surface area contributed by atoms with E-state index in [1.165, 1.54) is 10.6 Å². The molecule has 0 bridgehead atoms. The number of ether oxygens (including phenoxy) is 1. The number of rotatable bonds is 6. The molecule has 3 rings (SSSR count). The van der Waals surface area contributed by atoms with Crippen LogP contribution in [0.5, 0.6) is 11.5 Å². The molecule has 138 valence electrons. The van der Waals surface area contributed by atoms with E-state index in [-0.39, 0.29) is 17.7 Å². The molecule has 2 N–H and O–H groups in total. The normalized spacial score (nSPS) is 11.6. The average molecular weight is 364 g/mol. The summed E-state index contributed by atoms with van der Waals surface area (Å²) in [5.41, 5.74) is 0.251. The molecule has 0 aliphatic carbocycles. The summed E-state index contributed by atoms with van der Waals surface area (Å²) < 4.78 is 7.08. The fraction of sp³-hybridized carbons (Fsp3) is 0.143. The lowest BCUT2D eigenvalue weighted by atomic mass is 10.1. The van der Waals surface area contributed by atoms with Crippen LogP contribution in [0.1, 0.15) is 22.0 Å². The predicted molar refractivity (Wildman–Crippen MR) is 102 cm³/mol. The fourth-order valence-electron chi connectivity index (χ4n) is 2.58. The number of carbonyl (C=O) groups is 1. The van der Waals surface area contributed by atoms with E-state index in [2.05, 4.69) is 5.32 Å². The first-order chi connectivity index (χ1) is 13.0. The molecule has 0 saturated carbocycles. The summed E-state index contributed by atoms with van der Waals surface area (Å²) in [7, 11) is 1.58. The van der Waals surface area contributed by atoms with Crippen molar-refractivity contribution in [1.82, 2.24) is 9.88 Å². The summed E-state index contributed by atoms with van der Waals surface area (Å²) in [4.78, 5) is 24.2. The lowest BCUT2D eigenvalue weighted by Crippen LogP contribution is -2.34. The number of hydrogen-bond donors (Lipinski definition) is 2. The summed E-state index contributed by atoms with van der Waals surface area (Å²) in [6.07, 6.45) is 0.646. The lowest BCUT2D eigenvalue weighted by molar-refractivity contribution is 0.0914. The second-order valence-electron chi connectivity index (χ2n) is 6.05. The first-order valence-corrected chi connectivity index (χ1v) is 8.49. The van der Waals surface area contributed by atoms with Gasteiger partial charge in [-0.15, -0.1) is 0 Å². The molecule has 3 aromatic rings. The Hall–Kier alpha value is -3.38. The molecule has 27 heavy (non-hydrogen) atoms. The first-order valence-electron chi connectivity index (χ1n) is 8.49. The van der Waals surface area contributed by atoms with Gasteiger partial charge in [-0.05, 0) is 42.0 Å². The van der Waals surface area contributed by atoms with Crippen LogP contribution in [-0.4, -0.2) is 22.1 Å². The fourth-order valence-corrected chi connectivity index (χ4v) is 2.58. The van der Waals surface area contributed by atoms with Gasteiger partial charge >= 0.3 is 0 Å². The number of carbonyl (C=O) groups excluding carboxylic acids is 1. The molecule has 0 fully saturated rings. The zero-order chi connectivity index (χ0) is 19.2. The Balaban J connectivity index is 1.65. The average Bonchev–Trinajstić information content (AvgIpc) is 2.69. The highest BCUT2D eigenvalue weighted by atomic mass is 16.5. The molecule has 0 aliphatic rings. The molecular formula is C21H20N2O4. The third-order valence-corrected chi connectivity index (χ3v) is 4.05. The van der Waals surface area contributed by atoms with E-state index in [1.807, 2.05) is 30.3 Å². The molecule has 6 heteroatoms. The molecule has 0 aliphatic heterocycles. The number of benzene rings is 2. The van der Waals surface area contributed by atoms with Gasteiger partial charge in [0.15, 0.2) is 0 Å². The monoisotopic (exact) mass is 364 g/mol. The van der Waals surface area contributed by atoms with Crippen LogP contribution in [0, 0.1) is 0 Å². The molecule has 0 spiro atoms. The molecule has 0 radical (unpaired) electrons. The zero-order valence-corrected chi connectivity index (χ0v) is 14.8. The van der Waals surface area contributed by atoms with Crippen molar-refractivity contribution >= 4 is 5.91 Å². The number of amides is 1. The second-order valence-corrected chi connectivity index (χ2v) is 6.05. The third-order valence-electron chi connectivity index (χ3n) is 4.05. The van der Waals surface area contributed by atoms with Gasteiger partial charge in [-0.2, -0.15) is 0 Å². The van der Waals surface area contributed by atoms with Crippen molar-refractivity contribution < 1.29 is 14.6 Å². The van der Waals surface area contributed by atoms with Gasteiger partial charge in [-0.1, -0.05) is 30.3 Å². The maximum Gasteiger partial charge on any atom is 0.263 e. The zero-order valence-electron chi connectivity index (χ0n) is 14.8. The van der Waals surface area contributed by atoms with Crippen molar-refractivity contribution in [2.24, 2.45) is 7.05 Å². The van der Waals surface area contributed by atoms with Crippen LogP contribution in [0.2, 0.25) is 0 Å². The number of nitrogens with zero attached hydrogens (tertiary/aromatic N) is 1. The number of aliphatic hydroxyl groups is 1. The van der Waals surface area contributed by atoms with Crippen molar-refractivity contribution in [2.75, 3.05) is 6.54 Å². The largest absolute Gasteiger partial charge is 0.457 e. The molecular weight excluding hydrogens is 344 g/mol. The Kier molecular flexibility index (Phi) is 5.68. The Labute approximate surface area is 156 Å². The second kappa shape index (κ2) is 8.33. The maximum absolute atomic E-state index is 12.2. The minimum atomic E-state index is -0.930. The number of pyridine rings is 1. The van der Waals surface area contributed by atoms with Crippen LogP contribution in [0.15, 0.2) is 77.7 Å². The number of nitrogens with one attached hydrogen (secondary N) is 1. The van der Waals surface area contributed by atoms with Gasteiger partial charge < -0.3 is 19.7 Å². The molecule has 1 atom stereocenters. The Bertz CT molecular complexity index is 983. The molecule has 0 saturated heterocycles. The summed E-state index contributed by atoms with van der Waals surface area (Å²) in [5.74, 6) is 0.755. The van der Waals surface area contributed by atoms with E-state index < -0.39 is 12.0 Å². The van der Waals surface area contributed by atoms with Crippen molar-refractivity contribution in [2.45, 2.75) is 6.10 Å². The Morgan fingerprint density at radius 2 is 1.81 bits per heavy atom. The highest BCUT2D eigenvalue weighted by molar-refractivity contribution is 5.93. The SMILES string of the molecule is Cn1cccc(C(=O)NC[C@@H](O)c2cccc(Oc3ccccc3)c2)c1=O. The van der Waals surface area contributed by atoms with Crippen molar-refractivity contribution in [3.63, 3.8) is 0 Å². The van der Waals surface area contributed by atoms with Gasteiger partial charge in [0.25, 0.3) is 11.5 Å². The predicted octanol–water partition coefficient (Wildman–Crippen LogP) is 2.64. The van der Waals surface area contributed by atoms with Crippen molar-refractivity contribution in [3.8, 4) is 11.5 Å². The summed E-state index contributed by atoms with van der Waals surface area (Å²) in [6.45, 7) is -0.0222. The van der Waals surface area contributed by atoms with Crippen LogP contribution in [0.4, 0.5) is 0 Å². The number of hydrogen-bond acceptors (Lipinski definition) is 4. The minimum absolute atomic E-state index is 0.0222. The third kappa shape index (κ3) is 4.62. The molecule has 1 aromatic heterocycles. The molecule has 6 nitrogen and oxygen atoms in total. The summed E-state index contributed by atoms with van der Waals surface area (Å²) in [5, 5.41) is 13.0. The van der Waals surface area contributed by atoms with E-state index in [9.17, 15) is 14.7 Å².